The molecule has 5 heteroatoms. The molecule has 3 rings (SSSR count). The Labute approximate surface area is 127 Å². The number of nitrogens with zero attached hydrogens (tertiary/aromatic N) is 3. The molecule has 0 spiro atoms. The highest BCUT2D eigenvalue weighted by Crippen LogP contribution is 2.56. The number of methoxy groups -OCH3 is 1. The molecular formula is C16H28N4O. The Morgan fingerprint density at radius 3 is 3.05 bits per heavy atom. The zero-order valence-electron chi connectivity index (χ0n) is 13.3. The van der Waals surface area contributed by atoms with Crippen molar-refractivity contribution in [2.75, 3.05) is 26.8 Å². The Kier molecular flexibility index (Phi) is 4.60. The second-order valence-electron chi connectivity index (χ2n) is 6.78. The summed E-state index contributed by atoms with van der Waals surface area (Å²) in [6, 6.07) is 0. The van der Waals surface area contributed by atoms with Gasteiger partial charge in [-0.3, -0.25) is 4.68 Å². The molecule has 0 aliphatic heterocycles. The smallest absolute Gasteiger partial charge is 0.138 e. The summed E-state index contributed by atoms with van der Waals surface area (Å²) >= 11 is 0. The molecule has 0 radical (unpaired) electrons. The second-order valence-corrected chi connectivity index (χ2v) is 6.78. The van der Waals surface area contributed by atoms with Crippen LogP contribution in [0.15, 0.2) is 6.33 Å². The molecule has 3 atom stereocenters. The van der Waals surface area contributed by atoms with Crippen molar-refractivity contribution in [1.82, 2.24) is 20.1 Å². The van der Waals surface area contributed by atoms with Crippen molar-refractivity contribution in [2.24, 2.45) is 17.3 Å². The summed E-state index contributed by atoms with van der Waals surface area (Å²) in [5, 5.41) is 7.97. The van der Waals surface area contributed by atoms with E-state index in [9.17, 15) is 0 Å². The van der Waals surface area contributed by atoms with Crippen molar-refractivity contribution < 1.29 is 4.74 Å². The lowest BCUT2D eigenvalue weighted by Gasteiger charge is -2.38. The fraction of sp³-hybridized carbons (Fsp3) is 0.875. The van der Waals surface area contributed by atoms with Gasteiger partial charge in [0.1, 0.15) is 12.2 Å². The minimum atomic E-state index is 0.386. The molecule has 1 aromatic heterocycles. The molecule has 21 heavy (non-hydrogen) atoms. The normalized spacial score (nSPS) is 31.1. The average Bonchev–Trinajstić information content (AvgIpc) is 3.19. The van der Waals surface area contributed by atoms with Gasteiger partial charge in [0.05, 0.1) is 6.61 Å². The fourth-order valence-corrected chi connectivity index (χ4v) is 4.57. The summed E-state index contributed by atoms with van der Waals surface area (Å²) in [5.41, 5.74) is 0.386. The molecule has 2 fully saturated rings. The number of aromatic nitrogens is 3. The van der Waals surface area contributed by atoms with Crippen molar-refractivity contribution in [3.8, 4) is 0 Å². The summed E-state index contributed by atoms with van der Waals surface area (Å²) in [4.78, 5) is 4.52. The quantitative estimate of drug-likeness (QED) is 0.743. The molecule has 2 saturated carbocycles. The van der Waals surface area contributed by atoms with Gasteiger partial charge in [0.25, 0.3) is 0 Å². The molecule has 1 N–H and O–H groups in total. The van der Waals surface area contributed by atoms with Gasteiger partial charge in [-0.2, -0.15) is 5.10 Å². The molecular weight excluding hydrogens is 264 g/mol. The topological polar surface area (TPSA) is 52.0 Å². The predicted octanol–water partition coefficient (Wildman–Crippen LogP) is 1.88. The minimum Gasteiger partial charge on any atom is -0.383 e. The maximum absolute atomic E-state index is 5.15. The van der Waals surface area contributed by atoms with Crippen molar-refractivity contribution >= 4 is 0 Å². The van der Waals surface area contributed by atoms with Crippen molar-refractivity contribution in [3.05, 3.63) is 12.2 Å². The standard InChI is InChI=1S/C16H28N4O/c1-3-20-15(18-12-19-20)10-16(11-17-6-7-21-2)9-13-4-5-14(16)8-13/h12-14,17H,3-11H2,1-2H3. The number of fused-ring (bicyclic) bond motifs is 2. The van der Waals surface area contributed by atoms with E-state index in [0.29, 0.717) is 5.41 Å². The van der Waals surface area contributed by atoms with Crippen LogP contribution in [0.25, 0.3) is 0 Å². The van der Waals surface area contributed by atoms with Gasteiger partial charge in [-0.15, -0.1) is 0 Å². The molecule has 2 aliphatic carbocycles. The highest BCUT2D eigenvalue weighted by atomic mass is 16.5. The van der Waals surface area contributed by atoms with Gasteiger partial charge >= 0.3 is 0 Å². The van der Waals surface area contributed by atoms with Crippen LogP contribution in [-0.2, 0) is 17.7 Å². The molecule has 0 amide bonds. The Morgan fingerprint density at radius 2 is 2.38 bits per heavy atom. The van der Waals surface area contributed by atoms with Gasteiger partial charge in [0.15, 0.2) is 0 Å². The van der Waals surface area contributed by atoms with E-state index in [-0.39, 0.29) is 0 Å². The first-order valence-corrected chi connectivity index (χ1v) is 8.34. The Balaban J connectivity index is 1.70. The zero-order valence-corrected chi connectivity index (χ0v) is 13.3. The molecule has 1 aromatic rings. The summed E-state index contributed by atoms with van der Waals surface area (Å²) in [5.74, 6) is 2.97. The summed E-state index contributed by atoms with van der Waals surface area (Å²) < 4.78 is 7.21. The predicted molar refractivity (Wildman–Crippen MR) is 82.0 cm³/mol. The van der Waals surface area contributed by atoms with E-state index in [1.807, 2.05) is 0 Å². The van der Waals surface area contributed by atoms with Gasteiger partial charge in [-0.05, 0) is 43.4 Å². The molecule has 118 valence electrons. The third-order valence-corrected chi connectivity index (χ3v) is 5.57. The lowest BCUT2D eigenvalue weighted by atomic mass is 9.70. The van der Waals surface area contributed by atoms with E-state index in [1.165, 1.54) is 31.5 Å². The Hall–Kier alpha value is -0.940. The fourth-order valence-electron chi connectivity index (χ4n) is 4.57. The van der Waals surface area contributed by atoms with Crippen LogP contribution < -0.4 is 5.32 Å². The van der Waals surface area contributed by atoms with Crippen LogP contribution in [0.1, 0.15) is 38.4 Å². The highest BCUT2D eigenvalue weighted by Gasteiger charge is 2.50. The van der Waals surface area contributed by atoms with Crippen molar-refractivity contribution in [2.45, 2.75) is 45.6 Å². The maximum Gasteiger partial charge on any atom is 0.138 e. The molecule has 0 aromatic carbocycles. The van der Waals surface area contributed by atoms with Crippen LogP contribution in [0, 0.1) is 17.3 Å². The molecule has 0 saturated heterocycles. The number of aryl methyl sites for hydroxylation is 1. The number of rotatable bonds is 8. The zero-order chi connectivity index (χ0) is 14.7. The van der Waals surface area contributed by atoms with Gasteiger partial charge in [-0.1, -0.05) is 6.42 Å². The van der Waals surface area contributed by atoms with E-state index in [1.54, 1.807) is 13.4 Å². The molecule has 2 bridgehead atoms. The van der Waals surface area contributed by atoms with E-state index in [0.717, 1.165) is 44.5 Å². The van der Waals surface area contributed by atoms with Crippen LogP contribution in [0.2, 0.25) is 0 Å². The lowest BCUT2D eigenvalue weighted by Crippen LogP contribution is -2.42. The van der Waals surface area contributed by atoms with Crippen molar-refractivity contribution in [1.29, 1.82) is 0 Å². The summed E-state index contributed by atoms with van der Waals surface area (Å²) in [6.45, 7) is 5.87. The summed E-state index contributed by atoms with van der Waals surface area (Å²) in [7, 11) is 1.76. The minimum absolute atomic E-state index is 0.386. The van der Waals surface area contributed by atoms with E-state index in [4.69, 9.17) is 4.74 Å². The second kappa shape index (κ2) is 6.44. The summed E-state index contributed by atoms with van der Waals surface area (Å²) in [6.07, 6.45) is 8.39. The largest absolute Gasteiger partial charge is 0.383 e. The van der Waals surface area contributed by atoms with Crippen LogP contribution in [0.3, 0.4) is 0 Å². The first kappa shape index (κ1) is 15.0. The average molecular weight is 292 g/mol. The van der Waals surface area contributed by atoms with Gasteiger partial charge in [0, 0.05) is 33.2 Å². The molecule has 5 nitrogen and oxygen atoms in total. The first-order chi connectivity index (χ1) is 10.3. The Morgan fingerprint density at radius 1 is 1.48 bits per heavy atom. The first-order valence-electron chi connectivity index (χ1n) is 8.34. The third kappa shape index (κ3) is 2.99. The SMILES string of the molecule is CCn1ncnc1CC1(CNCCOC)CC2CCC1C2. The third-order valence-electron chi connectivity index (χ3n) is 5.57. The molecule has 2 aliphatic rings. The van der Waals surface area contributed by atoms with Gasteiger partial charge in [0.2, 0.25) is 0 Å². The maximum atomic E-state index is 5.15. The van der Waals surface area contributed by atoms with Crippen LogP contribution in [0.5, 0.6) is 0 Å². The number of ether oxygens (including phenoxy) is 1. The monoisotopic (exact) mass is 292 g/mol. The Bertz CT molecular complexity index is 461. The van der Waals surface area contributed by atoms with Gasteiger partial charge in [-0.25, -0.2) is 4.98 Å². The number of hydrogen-bond acceptors (Lipinski definition) is 4. The van der Waals surface area contributed by atoms with Crippen molar-refractivity contribution in [3.63, 3.8) is 0 Å². The molecule has 3 unspecified atom stereocenters. The highest BCUT2D eigenvalue weighted by molar-refractivity contribution is 5.06. The van der Waals surface area contributed by atoms with Crippen LogP contribution in [0.4, 0.5) is 0 Å². The van der Waals surface area contributed by atoms with E-state index < -0.39 is 0 Å². The van der Waals surface area contributed by atoms with E-state index >= 15 is 0 Å². The number of nitrogens with one attached hydrogen (secondary N) is 1. The van der Waals surface area contributed by atoms with Crippen LogP contribution >= 0.6 is 0 Å². The van der Waals surface area contributed by atoms with Crippen LogP contribution in [-0.4, -0.2) is 41.6 Å². The number of hydrogen-bond donors (Lipinski definition) is 1. The van der Waals surface area contributed by atoms with E-state index in [2.05, 4.69) is 27.0 Å². The van der Waals surface area contributed by atoms with Gasteiger partial charge < -0.3 is 10.1 Å². The molecule has 1 heterocycles. The lowest BCUT2D eigenvalue weighted by molar-refractivity contribution is 0.141.